The van der Waals surface area contributed by atoms with E-state index in [4.69, 9.17) is 4.74 Å². The fraction of sp³-hybridized carbons (Fsp3) is 0.667. The third-order valence-corrected chi connectivity index (χ3v) is 4.46. The van der Waals surface area contributed by atoms with Gasteiger partial charge in [0.15, 0.2) is 5.82 Å². The quantitative estimate of drug-likeness (QED) is 0.905. The summed E-state index contributed by atoms with van der Waals surface area (Å²) in [5, 5.41) is 7.03. The van der Waals surface area contributed by atoms with Gasteiger partial charge in [0.1, 0.15) is 0 Å². The lowest BCUT2D eigenvalue weighted by Gasteiger charge is -2.22. The summed E-state index contributed by atoms with van der Waals surface area (Å²) in [6, 6.07) is 1.95. The van der Waals surface area contributed by atoms with Gasteiger partial charge in [-0.3, -0.25) is 14.3 Å². The van der Waals surface area contributed by atoms with E-state index in [9.17, 15) is 9.59 Å². The van der Waals surface area contributed by atoms with Crippen molar-refractivity contribution in [2.75, 3.05) is 25.0 Å². The molecule has 1 aromatic heterocycles. The van der Waals surface area contributed by atoms with Gasteiger partial charge in [0, 0.05) is 38.9 Å². The molecule has 2 amide bonds. The predicted octanol–water partition coefficient (Wildman–Crippen LogP) is 1.04. The molecular formula is C15H22N4O3. The summed E-state index contributed by atoms with van der Waals surface area (Å²) in [7, 11) is 0. The van der Waals surface area contributed by atoms with Gasteiger partial charge in [-0.2, -0.15) is 5.10 Å². The molecule has 7 nitrogen and oxygen atoms in total. The standard InChI is InChI=1S/C15H22N4O3/c1-10-13(5-8-22-10)15(21)18-6-3-12(9-18)19-7-4-14(17-19)16-11(2)20/h4,7,10,12-13H,3,5-6,8-9H2,1-2H3,(H,16,17,20). The number of nitrogens with one attached hydrogen (secondary N) is 1. The molecule has 1 N–H and O–H groups in total. The predicted molar refractivity (Wildman–Crippen MR) is 80.3 cm³/mol. The van der Waals surface area contributed by atoms with Crippen molar-refractivity contribution >= 4 is 17.6 Å². The lowest BCUT2D eigenvalue weighted by molar-refractivity contribution is -0.136. The van der Waals surface area contributed by atoms with Gasteiger partial charge in [-0.15, -0.1) is 0 Å². The highest BCUT2D eigenvalue weighted by Crippen LogP contribution is 2.28. The molecule has 120 valence electrons. The number of amides is 2. The van der Waals surface area contributed by atoms with Gasteiger partial charge in [-0.05, 0) is 19.8 Å². The van der Waals surface area contributed by atoms with Crippen molar-refractivity contribution in [2.24, 2.45) is 5.92 Å². The molecule has 3 unspecified atom stereocenters. The van der Waals surface area contributed by atoms with E-state index >= 15 is 0 Å². The summed E-state index contributed by atoms with van der Waals surface area (Å²) in [6.45, 7) is 5.52. The zero-order chi connectivity index (χ0) is 15.7. The number of hydrogen-bond donors (Lipinski definition) is 1. The molecule has 0 bridgehead atoms. The Hall–Kier alpha value is -1.89. The number of hydrogen-bond acceptors (Lipinski definition) is 4. The van der Waals surface area contributed by atoms with Crippen LogP contribution >= 0.6 is 0 Å². The second kappa shape index (κ2) is 6.08. The molecule has 2 fully saturated rings. The lowest BCUT2D eigenvalue weighted by atomic mass is 10.0. The SMILES string of the molecule is CC(=O)Nc1ccn(C2CCN(C(=O)C3CCOC3C)C2)n1. The van der Waals surface area contributed by atoms with Gasteiger partial charge in [0.2, 0.25) is 11.8 Å². The Labute approximate surface area is 129 Å². The first-order valence-corrected chi connectivity index (χ1v) is 7.77. The lowest BCUT2D eigenvalue weighted by Crippen LogP contribution is -2.37. The van der Waals surface area contributed by atoms with E-state index in [0.717, 1.165) is 19.4 Å². The van der Waals surface area contributed by atoms with Crippen LogP contribution in [0.5, 0.6) is 0 Å². The number of nitrogens with zero attached hydrogens (tertiary/aromatic N) is 3. The van der Waals surface area contributed by atoms with Gasteiger partial charge >= 0.3 is 0 Å². The molecule has 7 heteroatoms. The molecule has 0 saturated carbocycles. The van der Waals surface area contributed by atoms with Crippen molar-refractivity contribution in [1.82, 2.24) is 14.7 Å². The minimum absolute atomic E-state index is 0.00804. The van der Waals surface area contributed by atoms with E-state index < -0.39 is 0 Å². The van der Waals surface area contributed by atoms with Crippen molar-refractivity contribution in [3.8, 4) is 0 Å². The average molecular weight is 306 g/mol. The number of rotatable bonds is 3. The molecule has 2 aliphatic rings. The van der Waals surface area contributed by atoms with Gasteiger partial charge < -0.3 is 15.0 Å². The van der Waals surface area contributed by atoms with Crippen LogP contribution in [0.25, 0.3) is 0 Å². The smallest absolute Gasteiger partial charge is 0.228 e. The van der Waals surface area contributed by atoms with Crippen LogP contribution in [-0.2, 0) is 14.3 Å². The summed E-state index contributed by atoms with van der Waals surface area (Å²) in [5.41, 5.74) is 0. The summed E-state index contributed by atoms with van der Waals surface area (Å²) in [5.74, 6) is 0.604. The second-order valence-electron chi connectivity index (χ2n) is 6.06. The first-order valence-electron chi connectivity index (χ1n) is 7.77. The Balaban J connectivity index is 1.61. The first-order chi connectivity index (χ1) is 10.5. The molecule has 0 spiro atoms. The maximum Gasteiger partial charge on any atom is 0.228 e. The largest absolute Gasteiger partial charge is 0.378 e. The van der Waals surface area contributed by atoms with Crippen LogP contribution < -0.4 is 5.32 Å². The van der Waals surface area contributed by atoms with Crippen LogP contribution in [0.3, 0.4) is 0 Å². The zero-order valence-corrected chi connectivity index (χ0v) is 13.0. The van der Waals surface area contributed by atoms with Crippen LogP contribution in [0.2, 0.25) is 0 Å². The maximum absolute atomic E-state index is 12.5. The van der Waals surface area contributed by atoms with Gasteiger partial charge in [0.25, 0.3) is 0 Å². The molecule has 3 rings (SSSR count). The van der Waals surface area contributed by atoms with E-state index in [1.54, 1.807) is 6.07 Å². The minimum atomic E-state index is -0.135. The number of anilines is 1. The van der Waals surface area contributed by atoms with E-state index in [1.807, 2.05) is 22.7 Å². The molecule has 3 atom stereocenters. The van der Waals surface area contributed by atoms with Crippen LogP contribution in [0, 0.1) is 5.92 Å². The molecule has 0 radical (unpaired) electrons. The van der Waals surface area contributed by atoms with Gasteiger partial charge in [-0.25, -0.2) is 0 Å². The normalized spacial score (nSPS) is 28.1. The highest BCUT2D eigenvalue weighted by atomic mass is 16.5. The van der Waals surface area contributed by atoms with Crippen LogP contribution in [0.15, 0.2) is 12.3 Å². The van der Waals surface area contributed by atoms with Crippen molar-refractivity contribution < 1.29 is 14.3 Å². The third kappa shape index (κ3) is 2.99. The number of aromatic nitrogens is 2. The van der Waals surface area contributed by atoms with Crippen molar-refractivity contribution in [3.63, 3.8) is 0 Å². The van der Waals surface area contributed by atoms with Crippen LogP contribution in [-0.4, -0.2) is 52.3 Å². The fourth-order valence-corrected chi connectivity index (χ4v) is 3.24. The van der Waals surface area contributed by atoms with Gasteiger partial charge in [0.05, 0.1) is 18.1 Å². The molecule has 2 saturated heterocycles. The zero-order valence-electron chi connectivity index (χ0n) is 13.0. The summed E-state index contributed by atoms with van der Waals surface area (Å²) >= 11 is 0. The molecule has 0 aromatic carbocycles. The minimum Gasteiger partial charge on any atom is -0.378 e. The summed E-state index contributed by atoms with van der Waals surface area (Å²) < 4.78 is 7.33. The van der Waals surface area contributed by atoms with Gasteiger partial charge in [-0.1, -0.05) is 0 Å². The molecule has 22 heavy (non-hydrogen) atoms. The van der Waals surface area contributed by atoms with Crippen molar-refractivity contribution in [3.05, 3.63) is 12.3 Å². The van der Waals surface area contributed by atoms with Crippen molar-refractivity contribution in [1.29, 1.82) is 0 Å². The molecular weight excluding hydrogens is 284 g/mol. The van der Waals surface area contributed by atoms with E-state index in [2.05, 4.69) is 10.4 Å². The van der Waals surface area contributed by atoms with E-state index in [1.165, 1.54) is 6.92 Å². The third-order valence-electron chi connectivity index (χ3n) is 4.46. The van der Waals surface area contributed by atoms with Crippen LogP contribution in [0.1, 0.15) is 32.7 Å². The monoisotopic (exact) mass is 306 g/mol. The maximum atomic E-state index is 12.5. The molecule has 0 aliphatic carbocycles. The Kier molecular flexibility index (Phi) is 4.15. The first kappa shape index (κ1) is 15.0. The van der Waals surface area contributed by atoms with Crippen LogP contribution in [0.4, 0.5) is 5.82 Å². The molecule has 3 heterocycles. The highest BCUT2D eigenvalue weighted by Gasteiger charge is 2.37. The van der Waals surface area contributed by atoms with E-state index in [-0.39, 0.29) is 29.9 Å². The second-order valence-corrected chi connectivity index (χ2v) is 6.06. The fourth-order valence-electron chi connectivity index (χ4n) is 3.24. The number of ether oxygens (including phenoxy) is 1. The topological polar surface area (TPSA) is 76.5 Å². The highest BCUT2D eigenvalue weighted by molar-refractivity contribution is 5.87. The average Bonchev–Trinajstić information content (AvgIpc) is 3.16. The molecule has 2 aliphatic heterocycles. The number of carbonyl (C=O) groups is 2. The number of carbonyl (C=O) groups excluding carboxylic acids is 2. The number of likely N-dealkylation sites (tertiary alicyclic amines) is 1. The Morgan fingerprint density at radius 2 is 2.23 bits per heavy atom. The van der Waals surface area contributed by atoms with Crippen molar-refractivity contribution in [2.45, 2.75) is 38.8 Å². The Morgan fingerprint density at radius 1 is 1.41 bits per heavy atom. The summed E-state index contributed by atoms with van der Waals surface area (Å²) in [6.07, 6.45) is 3.57. The Bertz CT molecular complexity index is 571. The van der Waals surface area contributed by atoms with E-state index in [0.29, 0.717) is 19.0 Å². The molecule has 1 aromatic rings. The Morgan fingerprint density at radius 3 is 2.91 bits per heavy atom. The summed E-state index contributed by atoms with van der Waals surface area (Å²) in [4.78, 5) is 25.5.